The molecule has 0 radical (unpaired) electrons. The Kier molecular flexibility index (Phi) is 6.80. The number of aromatic nitrogens is 3. The fourth-order valence-corrected chi connectivity index (χ4v) is 4.57. The molecule has 0 aliphatic heterocycles. The number of hydrogen-bond acceptors (Lipinski definition) is 7. The number of carbonyl (C=O) groups is 1. The molecule has 1 aliphatic rings. The zero-order chi connectivity index (χ0) is 25.9. The zero-order valence-electron chi connectivity index (χ0n) is 20.9. The number of amides is 1. The monoisotopic (exact) mass is 505 g/mol. The van der Waals surface area contributed by atoms with E-state index in [1.54, 1.807) is 43.6 Å². The minimum Gasteiger partial charge on any atom is -0.495 e. The standard InChI is InChI=1S/C27H28FN5O4/c1-29-25(34)16-8-10-20(22(13-16)36-3)31-27-32-24-23(26(33-27)37-17-6-4-5-7-17)18(14-30-24)15-9-11-21(35-2)19(28)12-15/h8-14,17H,4-7H2,1-3H3,(H,29,34)(H2,30,31,32,33). The first-order valence-corrected chi connectivity index (χ1v) is 12.1. The highest BCUT2D eigenvalue weighted by molar-refractivity contribution is 5.98. The van der Waals surface area contributed by atoms with Crippen LogP contribution in [0.1, 0.15) is 36.0 Å². The Hall–Kier alpha value is -4.34. The molecule has 5 rings (SSSR count). The lowest BCUT2D eigenvalue weighted by molar-refractivity contribution is 0.0962. The molecule has 0 atom stereocenters. The SMILES string of the molecule is CNC(=O)c1ccc(Nc2nc(OC3CCCC3)c3c(-c4ccc(OC)c(F)c4)c[nH]c3n2)c(OC)c1. The smallest absolute Gasteiger partial charge is 0.251 e. The van der Waals surface area contributed by atoms with Crippen LogP contribution in [0.2, 0.25) is 0 Å². The summed E-state index contributed by atoms with van der Waals surface area (Å²) >= 11 is 0. The normalized spacial score (nSPS) is 13.5. The number of nitrogens with one attached hydrogen (secondary N) is 3. The highest BCUT2D eigenvalue weighted by Crippen LogP contribution is 2.38. The fraction of sp³-hybridized carbons (Fsp3) is 0.296. The lowest BCUT2D eigenvalue weighted by Crippen LogP contribution is -2.17. The van der Waals surface area contributed by atoms with Crippen LogP contribution in [0.3, 0.4) is 0 Å². The quantitative estimate of drug-likeness (QED) is 0.302. The van der Waals surface area contributed by atoms with E-state index in [1.165, 1.54) is 20.3 Å². The van der Waals surface area contributed by atoms with Crippen LogP contribution < -0.4 is 24.8 Å². The molecule has 1 saturated carbocycles. The number of ether oxygens (including phenoxy) is 3. The van der Waals surface area contributed by atoms with E-state index in [0.717, 1.165) is 31.2 Å². The number of halogens is 1. The maximum Gasteiger partial charge on any atom is 0.251 e. The number of anilines is 2. The maximum atomic E-state index is 14.5. The molecule has 2 heterocycles. The number of H-pyrrole nitrogens is 1. The van der Waals surface area contributed by atoms with Gasteiger partial charge in [0.1, 0.15) is 17.5 Å². The Bertz CT molecular complexity index is 1450. The van der Waals surface area contributed by atoms with Crippen molar-refractivity contribution in [2.45, 2.75) is 31.8 Å². The van der Waals surface area contributed by atoms with Gasteiger partial charge in [0.15, 0.2) is 11.6 Å². The van der Waals surface area contributed by atoms with Crippen molar-refractivity contribution in [2.24, 2.45) is 0 Å². The van der Waals surface area contributed by atoms with Crippen LogP contribution in [-0.2, 0) is 0 Å². The van der Waals surface area contributed by atoms with Gasteiger partial charge in [-0.05, 0) is 61.6 Å². The minimum atomic E-state index is -0.459. The second-order valence-corrected chi connectivity index (χ2v) is 8.77. The van der Waals surface area contributed by atoms with E-state index in [0.29, 0.717) is 45.4 Å². The number of methoxy groups -OCH3 is 2. The largest absolute Gasteiger partial charge is 0.495 e. The van der Waals surface area contributed by atoms with Gasteiger partial charge in [-0.15, -0.1) is 0 Å². The number of rotatable bonds is 8. The van der Waals surface area contributed by atoms with Crippen LogP contribution in [0.25, 0.3) is 22.2 Å². The Balaban J connectivity index is 1.56. The topological polar surface area (TPSA) is 110 Å². The van der Waals surface area contributed by atoms with Crippen LogP contribution >= 0.6 is 0 Å². The number of carbonyl (C=O) groups excluding carboxylic acids is 1. The van der Waals surface area contributed by atoms with Gasteiger partial charge in [-0.25, -0.2) is 4.39 Å². The van der Waals surface area contributed by atoms with E-state index in [9.17, 15) is 9.18 Å². The lowest BCUT2D eigenvalue weighted by atomic mass is 10.1. The van der Waals surface area contributed by atoms with E-state index in [-0.39, 0.29) is 17.8 Å². The molecule has 0 unspecified atom stereocenters. The zero-order valence-corrected chi connectivity index (χ0v) is 20.9. The molecular weight excluding hydrogens is 477 g/mol. The molecule has 1 aliphatic carbocycles. The molecule has 37 heavy (non-hydrogen) atoms. The van der Waals surface area contributed by atoms with Crippen molar-refractivity contribution in [3.8, 4) is 28.5 Å². The molecule has 2 aromatic carbocycles. The van der Waals surface area contributed by atoms with Crippen LogP contribution in [0.4, 0.5) is 16.0 Å². The third-order valence-corrected chi connectivity index (χ3v) is 6.48. The summed E-state index contributed by atoms with van der Waals surface area (Å²) in [6, 6.07) is 9.85. The molecule has 0 bridgehead atoms. The number of nitrogens with zero attached hydrogens (tertiary/aromatic N) is 2. The third kappa shape index (κ3) is 4.87. The van der Waals surface area contributed by atoms with E-state index < -0.39 is 5.82 Å². The van der Waals surface area contributed by atoms with Gasteiger partial charge in [0.05, 0.1) is 25.3 Å². The van der Waals surface area contributed by atoms with Crippen molar-refractivity contribution >= 4 is 28.6 Å². The van der Waals surface area contributed by atoms with Crippen molar-refractivity contribution in [1.29, 1.82) is 0 Å². The Morgan fingerprint density at radius 1 is 1.05 bits per heavy atom. The number of hydrogen-bond donors (Lipinski definition) is 3. The van der Waals surface area contributed by atoms with Crippen LogP contribution in [0.15, 0.2) is 42.6 Å². The van der Waals surface area contributed by atoms with Gasteiger partial charge in [0.2, 0.25) is 11.8 Å². The Labute approximate surface area is 213 Å². The Morgan fingerprint density at radius 2 is 1.84 bits per heavy atom. The minimum absolute atomic E-state index is 0.0441. The van der Waals surface area contributed by atoms with Gasteiger partial charge in [-0.3, -0.25) is 4.79 Å². The van der Waals surface area contributed by atoms with Gasteiger partial charge in [-0.2, -0.15) is 9.97 Å². The summed E-state index contributed by atoms with van der Waals surface area (Å²) in [7, 11) is 4.53. The molecule has 4 aromatic rings. The summed E-state index contributed by atoms with van der Waals surface area (Å²) in [5.41, 5.74) is 2.97. The predicted molar refractivity (Wildman–Crippen MR) is 138 cm³/mol. The first-order chi connectivity index (χ1) is 18.0. The highest BCUT2D eigenvalue weighted by Gasteiger charge is 2.23. The molecule has 0 saturated heterocycles. The Morgan fingerprint density at radius 3 is 2.54 bits per heavy atom. The average molecular weight is 506 g/mol. The van der Waals surface area contributed by atoms with Gasteiger partial charge >= 0.3 is 0 Å². The van der Waals surface area contributed by atoms with Crippen LogP contribution in [0, 0.1) is 5.82 Å². The van der Waals surface area contributed by atoms with Crippen molar-refractivity contribution in [1.82, 2.24) is 20.3 Å². The molecule has 10 heteroatoms. The second kappa shape index (κ2) is 10.3. The van der Waals surface area contributed by atoms with Gasteiger partial charge < -0.3 is 29.8 Å². The van der Waals surface area contributed by atoms with Gasteiger partial charge in [0, 0.05) is 24.4 Å². The molecule has 192 valence electrons. The molecule has 9 nitrogen and oxygen atoms in total. The number of benzene rings is 2. The average Bonchev–Trinajstić information content (AvgIpc) is 3.58. The van der Waals surface area contributed by atoms with Crippen LogP contribution in [-0.4, -0.2) is 48.2 Å². The van der Waals surface area contributed by atoms with Crippen molar-refractivity contribution in [3.05, 3.63) is 54.0 Å². The lowest BCUT2D eigenvalue weighted by Gasteiger charge is -2.16. The summed E-state index contributed by atoms with van der Waals surface area (Å²) in [6.45, 7) is 0. The summed E-state index contributed by atoms with van der Waals surface area (Å²) < 4.78 is 31.4. The molecule has 1 fully saturated rings. The molecular formula is C27H28FN5O4. The fourth-order valence-electron chi connectivity index (χ4n) is 4.57. The summed E-state index contributed by atoms with van der Waals surface area (Å²) in [5, 5.41) is 6.45. The molecule has 0 spiro atoms. The van der Waals surface area contributed by atoms with Gasteiger partial charge in [0.25, 0.3) is 5.91 Å². The van der Waals surface area contributed by atoms with E-state index in [1.807, 2.05) is 0 Å². The first kappa shape index (κ1) is 24.4. The number of fused-ring (bicyclic) bond motifs is 1. The number of aromatic amines is 1. The maximum absolute atomic E-state index is 14.5. The van der Waals surface area contributed by atoms with Crippen molar-refractivity contribution in [2.75, 3.05) is 26.6 Å². The van der Waals surface area contributed by atoms with E-state index in [4.69, 9.17) is 19.2 Å². The predicted octanol–water partition coefficient (Wildman–Crippen LogP) is 5.21. The summed E-state index contributed by atoms with van der Waals surface area (Å²) in [5.74, 6) is 0.658. The van der Waals surface area contributed by atoms with E-state index >= 15 is 0 Å². The highest BCUT2D eigenvalue weighted by atomic mass is 19.1. The molecule has 3 N–H and O–H groups in total. The molecule has 2 aromatic heterocycles. The summed E-state index contributed by atoms with van der Waals surface area (Å²) in [4.78, 5) is 24.5. The van der Waals surface area contributed by atoms with Crippen molar-refractivity contribution in [3.63, 3.8) is 0 Å². The van der Waals surface area contributed by atoms with Gasteiger partial charge in [-0.1, -0.05) is 6.07 Å². The third-order valence-electron chi connectivity index (χ3n) is 6.48. The van der Waals surface area contributed by atoms with Crippen molar-refractivity contribution < 1.29 is 23.4 Å². The summed E-state index contributed by atoms with van der Waals surface area (Å²) in [6.07, 6.45) is 5.90. The second-order valence-electron chi connectivity index (χ2n) is 8.77. The first-order valence-electron chi connectivity index (χ1n) is 12.1. The van der Waals surface area contributed by atoms with Crippen LogP contribution in [0.5, 0.6) is 17.4 Å². The molecule has 1 amide bonds. The van der Waals surface area contributed by atoms with E-state index in [2.05, 4.69) is 20.6 Å².